The van der Waals surface area contributed by atoms with Crippen molar-refractivity contribution in [1.82, 2.24) is 5.16 Å². The molecule has 0 unspecified atom stereocenters. The molecule has 0 saturated carbocycles. The van der Waals surface area contributed by atoms with Crippen LogP contribution in [0.5, 0.6) is 0 Å². The zero-order valence-electron chi connectivity index (χ0n) is 7.35. The number of unbranched alkanes of at least 4 members (excludes halogenated alkanes) is 1. The molecule has 0 fully saturated rings. The molecule has 1 aromatic heterocycles. The second-order valence-electron chi connectivity index (χ2n) is 2.62. The van der Waals surface area contributed by atoms with E-state index in [1.807, 2.05) is 0 Å². The molecule has 0 radical (unpaired) electrons. The van der Waals surface area contributed by atoms with Crippen LogP contribution in [-0.4, -0.2) is 10.9 Å². The Balaban J connectivity index is 2.56. The summed E-state index contributed by atoms with van der Waals surface area (Å²) in [6.45, 7) is 3.93. The van der Waals surface area contributed by atoms with Gasteiger partial charge in [-0.3, -0.25) is 4.79 Å². The Morgan fingerprint density at radius 2 is 2.33 bits per heavy atom. The van der Waals surface area contributed by atoms with E-state index in [2.05, 4.69) is 12.1 Å². The van der Waals surface area contributed by atoms with Crippen molar-refractivity contribution in [2.75, 3.05) is 5.75 Å². The predicted molar refractivity (Wildman–Crippen MR) is 49.7 cm³/mol. The lowest BCUT2D eigenvalue weighted by Gasteiger charge is -1.94. The molecule has 1 N–H and O–H groups in total. The minimum atomic E-state index is -0.103. The maximum atomic E-state index is 11.1. The van der Waals surface area contributed by atoms with Crippen molar-refractivity contribution in [2.45, 2.75) is 31.6 Å². The molecule has 0 aliphatic carbocycles. The van der Waals surface area contributed by atoms with Gasteiger partial charge in [0.05, 0.1) is 0 Å². The molecule has 12 heavy (non-hydrogen) atoms. The second-order valence-corrected chi connectivity index (χ2v) is 3.73. The summed E-state index contributed by atoms with van der Waals surface area (Å²) in [5.41, 5.74) is -0.103. The van der Waals surface area contributed by atoms with Crippen molar-refractivity contribution in [2.24, 2.45) is 0 Å². The van der Waals surface area contributed by atoms with Crippen LogP contribution < -0.4 is 5.56 Å². The maximum absolute atomic E-state index is 11.1. The Morgan fingerprint density at radius 3 is 2.83 bits per heavy atom. The minimum Gasteiger partial charge on any atom is -0.383 e. The summed E-state index contributed by atoms with van der Waals surface area (Å²) in [7, 11) is 0. The predicted octanol–water partition coefficient (Wildman–Crippen LogP) is 2.17. The van der Waals surface area contributed by atoms with Crippen LogP contribution in [0.15, 0.2) is 14.2 Å². The molecule has 1 aromatic rings. The van der Waals surface area contributed by atoms with Gasteiger partial charge in [-0.15, -0.1) is 11.8 Å². The number of aromatic amines is 1. The van der Waals surface area contributed by atoms with E-state index < -0.39 is 0 Å². The Labute approximate surface area is 75.5 Å². The molecule has 0 aliphatic heterocycles. The van der Waals surface area contributed by atoms with Crippen molar-refractivity contribution >= 4 is 11.8 Å². The van der Waals surface area contributed by atoms with Gasteiger partial charge in [-0.25, -0.2) is 0 Å². The first-order chi connectivity index (χ1) is 5.75. The molecule has 0 amide bonds. The fourth-order valence-corrected chi connectivity index (χ4v) is 1.92. The number of aryl methyl sites for hydroxylation is 1. The van der Waals surface area contributed by atoms with Gasteiger partial charge < -0.3 is 4.52 Å². The Bertz CT molecular complexity index is 289. The van der Waals surface area contributed by atoms with Gasteiger partial charge in [-0.2, -0.15) is 5.16 Å². The van der Waals surface area contributed by atoms with Crippen molar-refractivity contribution in [1.29, 1.82) is 0 Å². The molecule has 0 bridgehead atoms. The number of hydrogen-bond donors (Lipinski definition) is 1. The molecule has 3 nitrogen and oxygen atoms in total. The molecule has 4 heteroatoms. The van der Waals surface area contributed by atoms with E-state index in [1.165, 1.54) is 0 Å². The largest absolute Gasteiger partial charge is 0.383 e. The van der Waals surface area contributed by atoms with Crippen LogP contribution in [0.3, 0.4) is 0 Å². The van der Waals surface area contributed by atoms with Gasteiger partial charge in [0, 0.05) is 0 Å². The Morgan fingerprint density at radius 1 is 1.58 bits per heavy atom. The zero-order valence-corrected chi connectivity index (χ0v) is 8.16. The average Bonchev–Trinajstić information content (AvgIpc) is 2.35. The molecule has 0 aliphatic rings. The Hall–Kier alpha value is -0.640. The van der Waals surface area contributed by atoms with E-state index in [0.717, 1.165) is 23.5 Å². The van der Waals surface area contributed by atoms with Crippen molar-refractivity contribution in [3.63, 3.8) is 0 Å². The van der Waals surface area contributed by atoms with Gasteiger partial charge in [-0.1, -0.05) is 13.3 Å². The highest BCUT2D eigenvalue weighted by molar-refractivity contribution is 7.99. The fraction of sp³-hybridized carbons (Fsp3) is 0.625. The molecular formula is C8H13NO2S. The summed E-state index contributed by atoms with van der Waals surface area (Å²) < 4.78 is 4.87. The number of rotatable bonds is 4. The van der Waals surface area contributed by atoms with E-state index in [1.54, 1.807) is 18.7 Å². The highest BCUT2D eigenvalue weighted by atomic mass is 32.2. The third-order valence-corrected chi connectivity index (χ3v) is 2.82. The number of hydrogen-bond acceptors (Lipinski definition) is 3. The van der Waals surface area contributed by atoms with E-state index in [4.69, 9.17) is 4.52 Å². The third-order valence-electron chi connectivity index (χ3n) is 1.57. The summed E-state index contributed by atoms with van der Waals surface area (Å²) in [4.78, 5) is 11.8. The second kappa shape index (κ2) is 4.40. The number of thioether (sulfide) groups is 1. The summed E-state index contributed by atoms with van der Waals surface area (Å²) in [5, 5.41) is 2.31. The number of H-pyrrole nitrogens is 1. The van der Waals surface area contributed by atoms with Crippen molar-refractivity contribution in [3.05, 3.63) is 16.1 Å². The molecular weight excluding hydrogens is 174 g/mol. The quantitative estimate of drug-likeness (QED) is 0.580. The summed E-state index contributed by atoms with van der Waals surface area (Å²) in [6.07, 6.45) is 2.29. The average molecular weight is 187 g/mol. The lowest BCUT2D eigenvalue weighted by molar-refractivity contribution is 0.390. The van der Waals surface area contributed by atoms with E-state index >= 15 is 0 Å². The zero-order chi connectivity index (χ0) is 8.97. The molecule has 0 aromatic carbocycles. The highest BCUT2D eigenvalue weighted by Crippen LogP contribution is 2.18. The molecule has 0 spiro atoms. The van der Waals surface area contributed by atoms with E-state index in [9.17, 15) is 4.79 Å². The number of aromatic nitrogens is 1. The third kappa shape index (κ3) is 2.17. The maximum Gasteiger partial charge on any atom is 0.293 e. The smallest absolute Gasteiger partial charge is 0.293 e. The lowest BCUT2D eigenvalue weighted by atomic mass is 10.4. The fourth-order valence-electron chi connectivity index (χ4n) is 0.861. The topological polar surface area (TPSA) is 46.0 Å². The molecule has 0 atom stereocenters. The normalized spacial score (nSPS) is 10.5. The van der Waals surface area contributed by atoms with Crippen LogP contribution in [0.2, 0.25) is 0 Å². The molecule has 0 saturated heterocycles. The molecule has 68 valence electrons. The van der Waals surface area contributed by atoms with E-state index in [0.29, 0.717) is 5.76 Å². The molecule has 1 heterocycles. The highest BCUT2D eigenvalue weighted by Gasteiger charge is 2.07. The summed E-state index contributed by atoms with van der Waals surface area (Å²) in [5.74, 6) is 1.68. The van der Waals surface area contributed by atoms with Crippen LogP contribution in [0.25, 0.3) is 0 Å². The summed E-state index contributed by atoms with van der Waals surface area (Å²) >= 11 is 1.57. The van der Waals surface area contributed by atoms with Crippen LogP contribution in [0.4, 0.5) is 0 Å². The molecule has 1 rings (SSSR count). The minimum absolute atomic E-state index is 0.103. The van der Waals surface area contributed by atoms with Crippen LogP contribution in [0, 0.1) is 6.92 Å². The van der Waals surface area contributed by atoms with Crippen molar-refractivity contribution in [3.8, 4) is 0 Å². The number of nitrogens with one attached hydrogen (secondary N) is 1. The SMILES string of the molecule is CCCCSc1c(C)o[nH]c1=O. The first-order valence-electron chi connectivity index (χ1n) is 4.06. The van der Waals surface area contributed by atoms with Crippen molar-refractivity contribution < 1.29 is 4.52 Å². The summed E-state index contributed by atoms with van der Waals surface area (Å²) in [6, 6.07) is 0. The van der Waals surface area contributed by atoms with Gasteiger partial charge in [0.1, 0.15) is 10.7 Å². The Kier molecular flexibility index (Phi) is 3.47. The van der Waals surface area contributed by atoms with Crippen LogP contribution in [-0.2, 0) is 0 Å². The van der Waals surface area contributed by atoms with Gasteiger partial charge in [-0.05, 0) is 19.1 Å². The lowest BCUT2D eigenvalue weighted by Crippen LogP contribution is -2.00. The van der Waals surface area contributed by atoms with Crippen LogP contribution in [0.1, 0.15) is 25.5 Å². The first-order valence-corrected chi connectivity index (χ1v) is 5.05. The van der Waals surface area contributed by atoms with Gasteiger partial charge >= 0.3 is 0 Å². The van der Waals surface area contributed by atoms with Gasteiger partial charge in [0.15, 0.2) is 0 Å². The van der Waals surface area contributed by atoms with E-state index in [-0.39, 0.29) is 5.56 Å². The van der Waals surface area contributed by atoms with Gasteiger partial charge in [0.2, 0.25) is 0 Å². The first kappa shape index (κ1) is 9.45. The van der Waals surface area contributed by atoms with Crippen LogP contribution >= 0.6 is 11.8 Å². The monoisotopic (exact) mass is 187 g/mol. The van der Waals surface area contributed by atoms with Gasteiger partial charge in [0.25, 0.3) is 5.56 Å². The standard InChI is InChI=1S/C8H13NO2S/c1-3-4-5-12-7-6(2)11-9-8(7)10/h3-5H2,1-2H3,(H,9,10).